The molecule has 624 valence electrons. The molecule has 0 saturated heterocycles. The van der Waals surface area contributed by atoms with Gasteiger partial charge >= 0.3 is 39.5 Å². The number of rotatable bonds is 85. The average molecular weight is 1540 g/mol. The van der Waals surface area contributed by atoms with E-state index in [9.17, 15) is 43.2 Å². The topological polar surface area (TPSA) is 237 Å². The molecule has 17 nitrogen and oxygen atoms in total. The van der Waals surface area contributed by atoms with Gasteiger partial charge in [-0.3, -0.25) is 37.3 Å². The fourth-order valence-corrected chi connectivity index (χ4v) is 15.0. The standard InChI is InChI=1S/C86H168O17P2/c1-7-9-11-13-15-17-19-21-22-28-34-40-46-52-58-64-70-85(90)102-81(74-96-83(88)68-62-56-50-44-38-20-18-16-14-12-10-8-2)76-100-104(92,93)98-72-80(87)73-99-105(94,95)101-77-82(75-97-84(89)69-63-57-51-45-39-33-30-25-27-32-37-43-49-55-61-67-79(5)6)103-86(91)71-65-59-53-47-41-35-29-24-23-26-31-36-42-48-54-60-66-78(3)4/h78-82,87H,7-77H2,1-6H3,(H,92,93)(H,94,95)/t80-,81+,82+/m0/s1. The number of hydrogen-bond acceptors (Lipinski definition) is 15. The summed E-state index contributed by atoms with van der Waals surface area (Å²) in [5.41, 5.74) is 0. The van der Waals surface area contributed by atoms with E-state index in [0.29, 0.717) is 25.7 Å². The summed E-state index contributed by atoms with van der Waals surface area (Å²) < 4.78 is 68.9. The van der Waals surface area contributed by atoms with E-state index >= 15 is 0 Å². The van der Waals surface area contributed by atoms with Crippen LogP contribution in [0, 0.1) is 11.8 Å². The van der Waals surface area contributed by atoms with Gasteiger partial charge in [0.05, 0.1) is 26.4 Å². The Bertz CT molecular complexity index is 2010. The average Bonchev–Trinajstić information content (AvgIpc) is 0.905. The van der Waals surface area contributed by atoms with Crippen molar-refractivity contribution in [1.29, 1.82) is 0 Å². The number of aliphatic hydroxyl groups excluding tert-OH is 1. The smallest absolute Gasteiger partial charge is 0.462 e. The van der Waals surface area contributed by atoms with Crippen molar-refractivity contribution in [3.8, 4) is 0 Å². The van der Waals surface area contributed by atoms with Gasteiger partial charge in [0.15, 0.2) is 12.2 Å². The molecule has 2 unspecified atom stereocenters. The van der Waals surface area contributed by atoms with Gasteiger partial charge in [-0.25, -0.2) is 9.13 Å². The van der Waals surface area contributed by atoms with E-state index in [1.165, 1.54) is 276 Å². The van der Waals surface area contributed by atoms with E-state index in [1.54, 1.807) is 0 Å². The Balaban J connectivity index is 5.26. The number of unbranched alkanes of at least 4 members (excludes halogenated alkanes) is 55. The van der Waals surface area contributed by atoms with Crippen LogP contribution in [-0.4, -0.2) is 96.7 Å². The first-order chi connectivity index (χ1) is 50.9. The minimum atomic E-state index is -4.97. The molecule has 0 bridgehead atoms. The minimum absolute atomic E-state index is 0.109. The number of carbonyl (C=O) groups is 4. The van der Waals surface area contributed by atoms with E-state index in [-0.39, 0.29) is 25.7 Å². The number of phosphoric acid groups is 2. The third-order valence-electron chi connectivity index (χ3n) is 20.2. The van der Waals surface area contributed by atoms with Crippen molar-refractivity contribution in [2.75, 3.05) is 39.6 Å². The first kappa shape index (κ1) is 103. The first-order valence-corrected chi connectivity index (χ1v) is 47.5. The van der Waals surface area contributed by atoms with E-state index in [2.05, 4.69) is 41.5 Å². The number of aliphatic hydroxyl groups is 1. The van der Waals surface area contributed by atoms with Crippen LogP contribution in [0.4, 0.5) is 0 Å². The maximum atomic E-state index is 13.1. The summed E-state index contributed by atoms with van der Waals surface area (Å²) in [6, 6.07) is 0. The maximum absolute atomic E-state index is 13.1. The summed E-state index contributed by atoms with van der Waals surface area (Å²) >= 11 is 0. The number of ether oxygens (including phenoxy) is 4. The highest BCUT2D eigenvalue weighted by atomic mass is 31.2. The van der Waals surface area contributed by atoms with Crippen molar-refractivity contribution >= 4 is 39.5 Å². The first-order valence-electron chi connectivity index (χ1n) is 44.5. The van der Waals surface area contributed by atoms with Gasteiger partial charge in [0, 0.05) is 25.7 Å². The van der Waals surface area contributed by atoms with Gasteiger partial charge in [0.25, 0.3) is 0 Å². The Morgan fingerprint density at radius 2 is 0.438 bits per heavy atom. The van der Waals surface area contributed by atoms with Crippen molar-refractivity contribution in [3.63, 3.8) is 0 Å². The minimum Gasteiger partial charge on any atom is -0.462 e. The molecule has 0 aliphatic heterocycles. The lowest BCUT2D eigenvalue weighted by Crippen LogP contribution is -2.30. The van der Waals surface area contributed by atoms with Crippen LogP contribution >= 0.6 is 15.6 Å². The fraction of sp³-hybridized carbons (Fsp3) is 0.953. The predicted molar refractivity (Wildman–Crippen MR) is 432 cm³/mol. The van der Waals surface area contributed by atoms with Crippen molar-refractivity contribution in [2.45, 2.75) is 477 Å². The molecule has 0 rings (SSSR count). The predicted octanol–water partition coefficient (Wildman–Crippen LogP) is 26.2. The number of phosphoric ester groups is 2. The van der Waals surface area contributed by atoms with Gasteiger partial charge < -0.3 is 33.8 Å². The second-order valence-electron chi connectivity index (χ2n) is 31.9. The van der Waals surface area contributed by atoms with Gasteiger partial charge in [0.2, 0.25) is 0 Å². The molecule has 0 aliphatic carbocycles. The summed E-state index contributed by atoms with van der Waals surface area (Å²) in [5, 5.41) is 10.7. The van der Waals surface area contributed by atoms with Crippen LogP contribution in [0.1, 0.15) is 459 Å². The molecule has 19 heteroatoms. The Labute approximate surface area is 645 Å². The zero-order valence-electron chi connectivity index (χ0n) is 69.0. The van der Waals surface area contributed by atoms with E-state index in [0.717, 1.165) is 102 Å². The van der Waals surface area contributed by atoms with Gasteiger partial charge in [0.1, 0.15) is 19.3 Å². The Hall–Kier alpha value is -1.94. The molecule has 0 spiro atoms. The molecular formula is C86H168O17P2. The molecule has 0 amide bonds. The van der Waals surface area contributed by atoms with Crippen LogP contribution in [0.25, 0.3) is 0 Å². The largest absolute Gasteiger partial charge is 0.472 e. The van der Waals surface area contributed by atoms with Crippen molar-refractivity contribution in [2.24, 2.45) is 11.8 Å². The van der Waals surface area contributed by atoms with E-state index < -0.39 is 97.5 Å². The molecular weight excluding hydrogens is 1370 g/mol. The highest BCUT2D eigenvalue weighted by Crippen LogP contribution is 2.45. The van der Waals surface area contributed by atoms with Crippen LogP contribution in [0.3, 0.4) is 0 Å². The van der Waals surface area contributed by atoms with Gasteiger partial charge in [-0.05, 0) is 37.5 Å². The van der Waals surface area contributed by atoms with E-state index in [4.69, 9.17) is 37.0 Å². The lowest BCUT2D eigenvalue weighted by atomic mass is 10.0. The second-order valence-corrected chi connectivity index (χ2v) is 34.8. The van der Waals surface area contributed by atoms with Gasteiger partial charge in [-0.2, -0.15) is 0 Å². The Morgan fingerprint density at radius 1 is 0.257 bits per heavy atom. The normalized spacial score (nSPS) is 13.8. The molecule has 0 saturated carbocycles. The lowest BCUT2D eigenvalue weighted by molar-refractivity contribution is -0.161. The van der Waals surface area contributed by atoms with Crippen molar-refractivity contribution in [3.05, 3.63) is 0 Å². The van der Waals surface area contributed by atoms with Gasteiger partial charge in [-0.1, -0.05) is 408 Å². The van der Waals surface area contributed by atoms with Crippen LogP contribution < -0.4 is 0 Å². The molecule has 105 heavy (non-hydrogen) atoms. The molecule has 0 aliphatic rings. The molecule has 0 aromatic rings. The third kappa shape index (κ3) is 79.9. The molecule has 5 atom stereocenters. The highest BCUT2D eigenvalue weighted by Gasteiger charge is 2.30. The number of esters is 4. The van der Waals surface area contributed by atoms with Gasteiger partial charge in [-0.15, -0.1) is 0 Å². The SMILES string of the molecule is CCCCCCCCCCCCCCCCCCC(=O)O[C@H](COC(=O)CCCCCCCCCCCCCC)COP(=O)(O)OC[C@H](O)COP(=O)(O)OC[C@@H](COC(=O)CCCCCCCCCCCCCCCCCC(C)C)OC(=O)CCCCCCCCCCCCCCCCCCC(C)C. The lowest BCUT2D eigenvalue weighted by Gasteiger charge is -2.21. The molecule has 0 heterocycles. The van der Waals surface area contributed by atoms with Crippen LogP contribution in [0.2, 0.25) is 0 Å². The van der Waals surface area contributed by atoms with Crippen LogP contribution in [0.15, 0.2) is 0 Å². The van der Waals surface area contributed by atoms with Crippen LogP contribution in [0.5, 0.6) is 0 Å². The number of carbonyl (C=O) groups excluding carboxylic acids is 4. The summed E-state index contributed by atoms with van der Waals surface area (Å²) in [4.78, 5) is 73.3. The molecule has 3 N–H and O–H groups in total. The summed E-state index contributed by atoms with van der Waals surface area (Å²) in [5.74, 6) is -0.483. The van der Waals surface area contributed by atoms with Crippen LogP contribution in [-0.2, 0) is 65.4 Å². The number of hydrogen-bond donors (Lipinski definition) is 3. The summed E-state index contributed by atoms with van der Waals surface area (Å²) in [6.07, 6.45) is 69.3. The molecule has 0 aromatic carbocycles. The quantitative estimate of drug-likeness (QED) is 0.0222. The Kier molecular flexibility index (Phi) is 76.0. The molecule has 0 aromatic heterocycles. The van der Waals surface area contributed by atoms with Crippen molar-refractivity contribution < 1.29 is 80.2 Å². The summed E-state index contributed by atoms with van der Waals surface area (Å²) in [7, 11) is -9.93. The van der Waals surface area contributed by atoms with E-state index in [1.807, 2.05) is 0 Å². The second kappa shape index (κ2) is 77.4. The van der Waals surface area contributed by atoms with Crippen molar-refractivity contribution in [1.82, 2.24) is 0 Å². The zero-order chi connectivity index (χ0) is 77.1. The zero-order valence-corrected chi connectivity index (χ0v) is 70.8. The monoisotopic (exact) mass is 1540 g/mol. The molecule has 0 radical (unpaired) electrons. The highest BCUT2D eigenvalue weighted by molar-refractivity contribution is 7.47. The summed E-state index contributed by atoms with van der Waals surface area (Å²) in [6.45, 7) is 9.74. The maximum Gasteiger partial charge on any atom is 0.472 e. The molecule has 0 fully saturated rings. The third-order valence-corrected chi connectivity index (χ3v) is 22.1. The Morgan fingerprint density at radius 3 is 0.648 bits per heavy atom. The fourth-order valence-electron chi connectivity index (χ4n) is 13.4.